The van der Waals surface area contributed by atoms with Gasteiger partial charge in [-0.3, -0.25) is 4.79 Å². The predicted octanol–water partition coefficient (Wildman–Crippen LogP) is 5.52. The highest BCUT2D eigenvalue weighted by Gasteiger charge is 2.20. The third kappa shape index (κ3) is 3.33. The molecule has 0 fully saturated rings. The van der Waals surface area contributed by atoms with Crippen molar-refractivity contribution >= 4 is 44.7 Å². The minimum atomic E-state index is -0.168. The molecule has 0 aromatic carbocycles. The molecule has 1 N–H and O–H groups in total. The van der Waals surface area contributed by atoms with E-state index in [-0.39, 0.29) is 10.8 Å². The van der Waals surface area contributed by atoms with Crippen LogP contribution in [0.1, 0.15) is 23.8 Å². The molecular formula is C19H14N4O3S3. The third-order valence-corrected chi connectivity index (χ3v) is 7.13. The molecule has 7 nitrogen and oxygen atoms in total. The molecule has 146 valence electrons. The first-order valence-corrected chi connectivity index (χ1v) is 11.3. The maximum Gasteiger partial charge on any atom is 0.277 e. The first-order valence-electron chi connectivity index (χ1n) is 8.70. The van der Waals surface area contributed by atoms with Crippen LogP contribution in [-0.2, 0) is 0 Å². The van der Waals surface area contributed by atoms with Crippen molar-refractivity contribution in [3.63, 3.8) is 0 Å². The second-order valence-corrected chi connectivity index (χ2v) is 9.38. The number of hydrogen-bond donors (Lipinski definition) is 1. The number of thiophene rings is 2. The van der Waals surface area contributed by atoms with Crippen molar-refractivity contribution in [3.05, 3.63) is 57.2 Å². The van der Waals surface area contributed by atoms with Crippen LogP contribution in [0, 0.1) is 6.92 Å². The standard InChI is InChI=1S/C19H14N4O3S3/c1-9-11(5-6-25-9)17-22-23-19(26-17)29-10(2)15-20-16(24)14-12(8-28-18(14)21-15)13-4-3-7-27-13/h3-8,10H,1-2H3,(H,20,21,24)/t10-/m0/s1. The van der Waals surface area contributed by atoms with Gasteiger partial charge in [0.15, 0.2) is 0 Å². The fraction of sp³-hybridized carbons (Fsp3) is 0.158. The van der Waals surface area contributed by atoms with Gasteiger partial charge in [-0.25, -0.2) is 4.98 Å². The van der Waals surface area contributed by atoms with E-state index >= 15 is 0 Å². The highest BCUT2D eigenvalue weighted by molar-refractivity contribution is 7.99. The number of aryl methyl sites for hydroxylation is 1. The van der Waals surface area contributed by atoms with E-state index in [1.54, 1.807) is 23.7 Å². The first kappa shape index (κ1) is 18.3. The molecule has 29 heavy (non-hydrogen) atoms. The quantitative estimate of drug-likeness (QED) is 0.358. The molecule has 0 amide bonds. The van der Waals surface area contributed by atoms with E-state index in [0.29, 0.717) is 28.1 Å². The lowest BCUT2D eigenvalue weighted by Gasteiger charge is -2.07. The van der Waals surface area contributed by atoms with Gasteiger partial charge in [0.2, 0.25) is 0 Å². The zero-order chi connectivity index (χ0) is 20.0. The Morgan fingerprint density at radius 1 is 1.21 bits per heavy atom. The number of hydrogen-bond acceptors (Lipinski definition) is 9. The Kier molecular flexibility index (Phi) is 4.61. The molecule has 5 rings (SSSR count). The van der Waals surface area contributed by atoms with Crippen LogP contribution in [0.3, 0.4) is 0 Å². The van der Waals surface area contributed by atoms with Crippen LogP contribution >= 0.6 is 34.4 Å². The maximum absolute atomic E-state index is 12.8. The van der Waals surface area contributed by atoms with E-state index < -0.39 is 0 Å². The Hall–Kier alpha value is -2.69. The van der Waals surface area contributed by atoms with E-state index in [2.05, 4.69) is 20.2 Å². The van der Waals surface area contributed by atoms with Gasteiger partial charge in [0.25, 0.3) is 16.7 Å². The lowest BCUT2D eigenvalue weighted by molar-refractivity contribution is 0.462. The molecule has 0 bridgehead atoms. The summed E-state index contributed by atoms with van der Waals surface area (Å²) in [5, 5.41) is 13.0. The summed E-state index contributed by atoms with van der Waals surface area (Å²) in [5.41, 5.74) is 1.56. The zero-order valence-electron chi connectivity index (χ0n) is 15.3. The summed E-state index contributed by atoms with van der Waals surface area (Å²) in [6.07, 6.45) is 1.58. The largest absolute Gasteiger partial charge is 0.469 e. The molecule has 5 heterocycles. The SMILES string of the molecule is Cc1occc1-c1nnc(S[C@@H](C)c2nc3scc(-c4cccs4)c3c(=O)[nH]2)o1. The van der Waals surface area contributed by atoms with E-state index in [4.69, 9.17) is 8.83 Å². The van der Waals surface area contributed by atoms with Gasteiger partial charge < -0.3 is 13.8 Å². The van der Waals surface area contributed by atoms with Gasteiger partial charge in [-0.2, -0.15) is 0 Å². The molecule has 0 saturated carbocycles. The van der Waals surface area contributed by atoms with Crippen LogP contribution in [0.4, 0.5) is 0 Å². The highest BCUT2D eigenvalue weighted by atomic mass is 32.2. The Balaban J connectivity index is 1.43. The average Bonchev–Trinajstić information content (AvgIpc) is 3.48. The fourth-order valence-electron chi connectivity index (χ4n) is 2.95. The van der Waals surface area contributed by atoms with Crippen LogP contribution in [0.25, 0.3) is 32.1 Å². The van der Waals surface area contributed by atoms with Crippen molar-refractivity contribution in [3.8, 4) is 21.9 Å². The molecule has 1 atom stereocenters. The van der Waals surface area contributed by atoms with Gasteiger partial charge >= 0.3 is 0 Å². The Labute approximate surface area is 176 Å². The summed E-state index contributed by atoms with van der Waals surface area (Å²) >= 11 is 4.42. The number of aromatic amines is 1. The second kappa shape index (κ2) is 7.29. The maximum atomic E-state index is 12.8. The molecular weight excluding hydrogens is 428 g/mol. The van der Waals surface area contributed by atoms with Crippen molar-refractivity contribution in [2.24, 2.45) is 0 Å². The lowest BCUT2D eigenvalue weighted by Crippen LogP contribution is -2.12. The average molecular weight is 443 g/mol. The zero-order valence-corrected chi connectivity index (χ0v) is 17.8. The minimum absolute atomic E-state index is 0.137. The summed E-state index contributed by atoms with van der Waals surface area (Å²) in [7, 11) is 0. The Bertz CT molecular complexity index is 1350. The molecule has 0 radical (unpaired) electrons. The van der Waals surface area contributed by atoms with Gasteiger partial charge in [0.1, 0.15) is 16.4 Å². The van der Waals surface area contributed by atoms with Crippen LogP contribution in [0.5, 0.6) is 0 Å². The molecule has 0 aliphatic heterocycles. The molecule has 5 aromatic heterocycles. The Morgan fingerprint density at radius 2 is 2.10 bits per heavy atom. The smallest absolute Gasteiger partial charge is 0.277 e. The van der Waals surface area contributed by atoms with E-state index in [9.17, 15) is 4.79 Å². The predicted molar refractivity (Wildman–Crippen MR) is 115 cm³/mol. The molecule has 0 saturated heterocycles. The molecule has 0 unspecified atom stereocenters. The van der Waals surface area contributed by atoms with Crippen molar-refractivity contribution < 1.29 is 8.83 Å². The van der Waals surface area contributed by atoms with Crippen molar-refractivity contribution in [2.75, 3.05) is 0 Å². The number of H-pyrrole nitrogens is 1. The van der Waals surface area contributed by atoms with Gasteiger partial charge in [0.05, 0.1) is 22.5 Å². The number of thioether (sulfide) groups is 1. The van der Waals surface area contributed by atoms with Crippen molar-refractivity contribution in [1.82, 2.24) is 20.2 Å². The van der Waals surface area contributed by atoms with Crippen molar-refractivity contribution in [1.29, 1.82) is 0 Å². The van der Waals surface area contributed by atoms with Gasteiger partial charge in [-0.15, -0.1) is 32.9 Å². The van der Waals surface area contributed by atoms with E-state index in [1.807, 2.05) is 36.7 Å². The molecule has 0 aliphatic carbocycles. The third-order valence-electron chi connectivity index (χ3n) is 4.41. The number of fused-ring (bicyclic) bond motifs is 1. The fourth-order valence-corrected chi connectivity index (χ4v) is 5.46. The molecule has 0 spiro atoms. The monoisotopic (exact) mass is 442 g/mol. The van der Waals surface area contributed by atoms with Crippen LogP contribution in [0.15, 0.2) is 54.1 Å². The number of nitrogens with zero attached hydrogens (tertiary/aromatic N) is 3. The van der Waals surface area contributed by atoms with Gasteiger partial charge in [-0.05, 0) is 31.4 Å². The first-order chi connectivity index (χ1) is 14.1. The highest BCUT2D eigenvalue weighted by Crippen LogP contribution is 2.37. The van der Waals surface area contributed by atoms with Crippen LogP contribution in [-0.4, -0.2) is 20.2 Å². The second-order valence-electron chi connectivity index (χ2n) is 6.28. The van der Waals surface area contributed by atoms with Crippen LogP contribution < -0.4 is 5.56 Å². The summed E-state index contributed by atoms with van der Waals surface area (Å²) in [6, 6.07) is 5.77. The normalized spacial score (nSPS) is 12.6. The van der Waals surface area contributed by atoms with Gasteiger partial charge in [0, 0.05) is 15.8 Å². The number of rotatable bonds is 5. The lowest BCUT2D eigenvalue weighted by atomic mass is 10.2. The number of furan rings is 1. The van der Waals surface area contributed by atoms with Gasteiger partial charge in [-0.1, -0.05) is 17.8 Å². The molecule has 5 aromatic rings. The summed E-state index contributed by atoms with van der Waals surface area (Å²) in [5.74, 6) is 1.70. The summed E-state index contributed by atoms with van der Waals surface area (Å²) in [6.45, 7) is 3.78. The number of aromatic nitrogens is 4. The topological polar surface area (TPSA) is 97.8 Å². The van der Waals surface area contributed by atoms with Crippen LogP contribution in [0.2, 0.25) is 0 Å². The Morgan fingerprint density at radius 3 is 2.86 bits per heavy atom. The molecule has 0 aliphatic rings. The van der Waals surface area contributed by atoms with E-state index in [1.165, 1.54) is 23.1 Å². The molecule has 10 heteroatoms. The van der Waals surface area contributed by atoms with Crippen molar-refractivity contribution in [2.45, 2.75) is 24.3 Å². The summed E-state index contributed by atoms with van der Waals surface area (Å²) < 4.78 is 11.0. The summed E-state index contributed by atoms with van der Waals surface area (Å²) in [4.78, 5) is 22.2. The minimum Gasteiger partial charge on any atom is -0.469 e. The number of nitrogens with one attached hydrogen (secondary N) is 1. The van der Waals surface area contributed by atoms with E-state index in [0.717, 1.165) is 20.8 Å².